The zero-order valence-corrected chi connectivity index (χ0v) is 26.2. The summed E-state index contributed by atoms with van der Waals surface area (Å²) < 4.78 is 46.4. The number of anilines is 1. The molecule has 0 aliphatic carbocycles. The van der Waals surface area contributed by atoms with Crippen molar-refractivity contribution in [3.8, 4) is 17.4 Å². The fourth-order valence-electron chi connectivity index (χ4n) is 6.77. The molecule has 2 amide bonds. The Morgan fingerprint density at radius 2 is 1.73 bits per heavy atom. The Labute approximate surface area is 261 Å². The minimum Gasteiger partial charge on any atom is -0.497 e. The van der Waals surface area contributed by atoms with Gasteiger partial charge in [-0.1, -0.05) is 11.6 Å². The van der Waals surface area contributed by atoms with Crippen molar-refractivity contribution in [2.24, 2.45) is 0 Å². The summed E-state index contributed by atoms with van der Waals surface area (Å²) in [4.78, 5) is 37.1. The smallest absolute Gasteiger partial charge is 0.274 e. The predicted molar refractivity (Wildman–Crippen MR) is 163 cm³/mol. The number of fused-ring (bicyclic) bond motifs is 1. The van der Waals surface area contributed by atoms with Crippen molar-refractivity contribution >= 4 is 39.1 Å². The van der Waals surface area contributed by atoms with Crippen molar-refractivity contribution < 1.29 is 32.2 Å². The molecule has 13 heteroatoms. The first-order valence-electron chi connectivity index (χ1n) is 14.4. The fraction of sp³-hybridized carbons (Fsp3) is 0.387. The van der Waals surface area contributed by atoms with Gasteiger partial charge < -0.3 is 19.1 Å². The highest BCUT2D eigenvalue weighted by Crippen LogP contribution is 2.55. The highest BCUT2D eigenvalue weighted by Gasteiger charge is 2.63. The summed E-state index contributed by atoms with van der Waals surface area (Å²) in [6.07, 6.45) is 4.47. The Balaban J connectivity index is 1.62. The molecule has 0 N–H and O–H groups in total. The van der Waals surface area contributed by atoms with Crippen molar-refractivity contribution in [2.45, 2.75) is 42.2 Å². The summed E-state index contributed by atoms with van der Waals surface area (Å²) in [6.45, 7) is 1.63. The molecule has 0 bridgehead atoms. The SMILES string of the molecule is COc1ccc(S(=O)(=O)N2C(=O)C(c3cccnc3OC)(N3CCC[C@H]3C(=O)N3CCCC3)c3cc(Cl)ccc32)c(OC)c1. The van der Waals surface area contributed by atoms with E-state index in [1.54, 1.807) is 18.2 Å². The number of ether oxygens (including phenoxy) is 3. The number of carbonyl (C=O) groups excluding carboxylic acids is 2. The third kappa shape index (κ3) is 4.50. The van der Waals surface area contributed by atoms with Crippen LogP contribution in [0.15, 0.2) is 59.6 Å². The number of aromatic nitrogens is 1. The molecule has 232 valence electrons. The number of methoxy groups -OCH3 is 3. The molecule has 0 spiro atoms. The molecule has 3 aliphatic rings. The summed E-state index contributed by atoms with van der Waals surface area (Å²) in [6, 6.07) is 11.6. The van der Waals surface area contributed by atoms with Gasteiger partial charge in [0.1, 0.15) is 16.4 Å². The first-order valence-corrected chi connectivity index (χ1v) is 16.2. The van der Waals surface area contributed by atoms with Crippen LogP contribution in [0.25, 0.3) is 0 Å². The van der Waals surface area contributed by atoms with Gasteiger partial charge in [0.2, 0.25) is 11.8 Å². The zero-order valence-electron chi connectivity index (χ0n) is 24.7. The lowest BCUT2D eigenvalue weighted by atomic mass is 9.81. The number of likely N-dealkylation sites (tertiary alicyclic amines) is 2. The van der Waals surface area contributed by atoms with Gasteiger partial charge in [-0.15, -0.1) is 0 Å². The fourth-order valence-corrected chi connectivity index (χ4v) is 8.54. The number of amides is 2. The molecule has 0 saturated carbocycles. The zero-order chi connectivity index (χ0) is 31.2. The van der Waals surface area contributed by atoms with Crippen LogP contribution in [-0.2, 0) is 25.2 Å². The van der Waals surface area contributed by atoms with Gasteiger partial charge >= 0.3 is 0 Å². The van der Waals surface area contributed by atoms with Gasteiger partial charge in [-0.25, -0.2) is 17.7 Å². The number of hydrogen-bond donors (Lipinski definition) is 0. The lowest BCUT2D eigenvalue weighted by molar-refractivity contribution is -0.139. The van der Waals surface area contributed by atoms with E-state index in [1.165, 1.54) is 57.9 Å². The van der Waals surface area contributed by atoms with E-state index in [-0.39, 0.29) is 28.1 Å². The second-order valence-corrected chi connectivity index (χ2v) is 13.1. The molecule has 1 aromatic heterocycles. The molecule has 11 nitrogen and oxygen atoms in total. The van der Waals surface area contributed by atoms with Crippen molar-refractivity contribution in [1.29, 1.82) is 0 Å². The van der Waals surface area contributed by atoms with Gasteiger partial charge in [0.25, 0.3) is 15.9 Å². The van der Waals surface area contributed by atoms with Gasteiger partial charge in [-0.05, 0) is 68.1 Å². The van der Waals surface area contributed by atoms with E-state index in [0.717, 1.165) is 17.1 Å². The van der Waals surface area contributed by atoms with Gasteiger partial charge in [0, 0.05) is 48.0 Å². The van der Waals surface area contributed by atoms with Crippen LogP contribution in [0, 0.1) is 0 Å². The number of pyridine rings is 1. The van der Waals surface area contributed by atoms with E-state index in [0.29, 0.717) is 54.4 Å². The van der Waals surface area contributed by atoms with Crippen LogP contribution in [0.1, 0.15) is 36.8 Å². The largest absolute Gasteiger partial charge is 0.497 e. The van der Waals surface area contributed by atoms with Crippen molar-refractivity contribution in [2.75, 3.05) is 45.3 Å². The number of nitrogens with zero attached hydrogens (tertiary/aromatic N) is 4. The quantitative estimate of drug-likeness (QED) is 0.362. The molecule has 0 radical (unpaired) electrons. The number of benzene rings is 2. The molecule has 2 atom stereocenters. The van der Waals surface area contributed by atoms with Crippen LogP contribution in [0.4, 0.5) is 5.69 Å². The van der Waals surface area contributed by atoms with Crippen LogP contribution in [0.3, 0.4) is 0 Å². The molecule has 2 fully saturated rings. The van der Waals surface area contributed by atoms with Gasteiger partial charge in [-0.2, -0.15) is 0 Å². The summed E-state index contributed by atoms with van der Waals surface area (Å²) in [5.41, 5.74) is -1.05. The van der Waals surface area contributed by atoms with Gasteiger partial charge in [0.05, 0.1) is 33.1 Å². The molecular formula is C31H33ClN4O7S. The Morgan fingerprint density at radius 3 is 2.43 bits per heavy atom. The molecular weight excluding hydrogens is 608 g/mol. The van der Waals surface area contributed by atoms with Crippen LogP contribution in [0.2, 0.25) is 5.02 Å². The first-order chi connectivity index (χ1) is 21.2. The minimum atomic E-state index is -4.59. The van der Waals surface area contributed by atoms with Crippen LogP contribution in [0.5, 0.6) is 17.4 Å². The second-order valence-electron chi connectivity index (χ2n) is 10.9. The van der Waals surface area contributed by atoms with Crippen molar-refractivity contribution in [3.05, 3.63) is 70.9 Å². The molecule has 6 rings (SSSR count). The van der Waals surface area contributed by atoms with Crippen LogP contribution < -0.4 is 18.5 Å². The molecule has 3 aromatic rings. The van der Waals surface area contributed by atoms with E-state index in [1.807, 2.05) is 9.80 Å². The topological polar surface area (TPSA) is 119 Å². The third-order valence-electron chi connectivity index (χ3n) is 8.69. The molecule has 2 aromatic carbocycles. The van der Waals surface area contributed by atoms with E-state index in [9.17, 15) is 13.2 Å². The predicted octanol–water partition coefficient (Wildman–Crippen LogP) is 3.83. The molecule has 2 saturated heterocycles. The lowest BCUT2D eigenvalue weighted by Gasteiger charge is -2.42. The summed E-state index contributed by atoms with van der Waals surface area (Å²) in [7, 11) is -0.350. The summed E-state index contributed by atoms with van der Waals surface area (Å²) >= 11 is 6.58. The normalized spacial score (nSPS) is 21.9. The van der Waals surface area contributed by atoms with Crippen LogP contribution in [-0.4, -0.2) is 82.0 Å². The average Bonchev–Trinajstić information content (AvgIpc) is 3.80. The highest BCUT2D eigenvalue weighted by atomic mass is 35.5. The Kier molecular flexibility index (Phi) is 7.93. The summed E-state index contributed by atoms with van der Waals surface area (Å²) in [5, 5.41) is 0.298. The van der Waals surface area contributed by atoms with Crippen molar-refractivity contribution in [1.82, 2.24) is 14.8 Å². The van der Waals surface area contributed by atoms with Gasteiger partial charge in [0.15, 0.2) is 5.54 Å². The maximum Gasteiger partial charge on any atom is 0.274 e. The number of carbonyl (C=O) groups is 2. The average molecular weight is 641 g/mol. The standard InChI is InChI=1S/C31H33ClN4O7S/c1-41-21-11-13-27(26(19-21)42-2)44(39,40)36-24-12-10-20(32)18-23(24)31(30(36)38,22-8-6-14-33-28(22)43-3)35-17-7-9-25(35)29(37)34-15-4-5-16-34/h6,8,10-14,18-19,25H,4-5,7,9,15-17H2,1-3H3/t25-,31?/m0/s1. The number of rotatable bonds is 8. The Hall–Kier alpha value is -3.87. The highest BCUT2D eigenvalue weighted by molar-refractivity contribution is 7.93. The monoisotopic (exact) mass is 640 g/mol. The maximum absolute atomic E-state index is 15.3. The van der Waals surface area contributed by atoms with E-state index in [2.05, 4.69) is 4.98 Å². The molecule has 3 aliphatic heterocycles. The molecule has 4 heterocycles. The van der Waals surface area contributed by atoms with Crippen LogP contribution >= 0.6 is 11.6 Å². The van der Waals surface area contributed by atoms with E-state index in [4.69, 9.17) is 25.8 Å². The molecule has 1 unspecified atom stereocenters. The Morgan fingerprint density at radius 1 is 0.955 bits per heavy atom. The molecule has 44 heavy (non-hydrogen) atoms. The van der Waals surface area contributed by atoms with Crippen molar-refractivity contribution in [3.63, 3.8) is 0 Å². The third-order valence-corrected chi connectivity index (χ3v) is 10.7. The lowest BCUT2D eigenvalue weighted by Crippen LogP contribution is -2.59. The Bertz CT molecular complexity index is 1730. The number of halogens is 1. The number of sulfonamides is 1. The van der Waals surface area contributed by atoms with E-state index >= 15 is 4.79 Å². The second kappa shape index (κ2) is 11.6. The first kappa shape index (κ1) is 30.2. The van der Waals surface area contributed by atoms with Gasteiger partial charge in [-0.3, -0.25) is 14.5 Å². The number of hydrogen-bond acceptors (Lipinski definition) is 9. The van der Waals surface area contributed by atoms with E-state index < -0.39 is 27.5 Å². The maximum atomic E-state index is 15.3. The summed E-state index contributed by atoms with van der Waals surface area (Å²) in [5.74, 6) is -0.355. The minimum absolute atomic E-state index is 0.00684.